The molecular weight excluding hydrogens is 275 g/mol. The van der Waals surface area contributed by atoms with Crippen LogP contribution in [0.1, 0.15) is 33.6 Å². The van der Waals surface area contributed by atoms with Crippen molar-refractivity contribution in [3.05, 3.63) is 0 Å². The second-order valence-electron chi connectivity index (χ2n) is 5.62. The van der Waals surface area contributed by atoms with Crippen molar-refractivity contribution >= 4 is 11.8 Å². The lowest BCUT2D eigenvalue weighted by Crippen LogP contribution is -2.37. The smallest absolute Gasteiger partial charge is 0.372 e. The molecule has 0 N–H and O–H groups in total. The number of rotatable bonds is 6. The Bertz CT molecular complexity index is 382. The second-order valence-corrected chi connectivity index (χ2v) is 5.62. The van der Waals surface area contributed by atoms with Gasteiger partial charge in [-0.2, -0.15) is 13.2 Å². The van der Waals surface area contributed by atoms with Crippen molar-refractivity contribution in [2.75, 3.05) is 19.8 Å². The molecule has 20 heavy (non-hydrogen) atoms. The molecule has 116 valence electrons. The van der Waals surface area contributed by atoms with Crippen LogP contribution in [0.25, 0.3) is 0 Å². The van der Waals surface area contributed by atoms with Gasteiger partial charge in [0.15, 0.2) is 0 Å². The zero-order valence-electron chi connectivity index (χ0n) is 11.9. The van der Waals surface area contributed by atoms with Crippen LogP contribution in [-0.4, -0.2) is 42.6 Å². The minimum absolute atomic E-state index is 0.0328. The molecule has 1 saturated heterocycles. The first-order valence-electron chi connectivity index (χ1n) is 6.57. The summed E-state index contributed by atoms with van der Waals surface area (Å²) in [5, 5.41) is 0. The zero-order chi connectivity index (χ0) is 15.6. The van der Waals surface area contributed by atoms with Crippen LogP contribution in [0, 0.1) is 11.3 Å². The van der Waals surface area contributed by atoms with E-state index < -0.39 is 18.2 Å². The molecule has 4 nitrogen and oxygen atoms in total. The molecule has 1 fully saturated rings. The van der Waals surface area contributed by atoms with Gasteiger partial charge in [0.25, 0.3) is 0 Å². The van der Waals surface area contributed by atoms with Crippen molar-refractivity contribution in [3.8, 4) is 0 Å². The minimum Gasteiger partial charge on any atom is -0.372 e. The molecule has 1 aliphatic heterocycles. The van der Waals surface area contributed by atoms with Gasteiger partial charge in [-0.1, -0.05) is 13.8 Å². The van der Waals surface area contributed by atoms with Gasteiger partial charge in [0.1, 0.15) is 6.61 Å². The number of carbonyl (C=O) groups is 2. The van der Waals surface area contributed by atoms with E-state index >= 15 is 0 Å². The summed E-state index contributed by atoms with van der Waals surface area (Å²) in [7, 11) is 0. The van der Waals surface area contributed by atoms with Crippen LogP contribution in [-0.2, 0) is 14.3 Å². The number of hydrogen-bond donors (Lipinski definition) is 0. The van der Waals surface area contributed by atoms with Crippen molar-refractivity contribution in [1.82, 2.24) is 4.90 Å². The molecule has 1 unspecified atom stereocenters. The van der Waals surface area contributed by atoms with E-state index in [0.717, 1.165) is 4.90 Å². The fourth-order valence-electron chi connectivity index (χ4n) is 2.10. The van der Waals surface area contributed by atoms with Crippen LogP contribution in [0.3, 0.4) is 0 Å². The maximum absolute atomic E-state index is 12.2. The number of likely N-dealkylation sites (tertiary alicyclic amines) is 1. The van der Waals surface area contributed by atoms with Gasteiger partial charge >= 0.3 is 6.18 Å². The zero-order valence-corrected chi connectivity index (χ0v) is 11.9. The summed E-state index contributed by atoms with van der Waals surface area (Å²) in [4.78, 5) is 25.1. The molecule has 1 aliphatic rings. The summed E-state index contributed by atoms with van der Waals surface area (Å²) >= 11 is 0. The molecule has 0 aromatic carbocycles. The lowest BCUT2D eigenvalue weighted by atomic mass is 9.78. The fraction of sp³-hybridized carbons (Fsp3) is 0.846. The van der Waals surface area contributed by atoms with Crippen molar-refractivity contribution in [2.24, 2.45) is 11.3 Å². The highest BCUT2D eigenvalue weighted by atomic mass is 19.4. The Morgan fingerprint density at radius 1 is 1.35 bits per heavy atom. The van der Waals surface area contributed by atoms with E-state index in [9.17, 15) is 22.8 Å². The van der Waals surface area contributed by atoms with Gasteiger partial charge in [-0.05, 0) is 19.3 Å². The van der Waals surface area contributed by atoms with Crippen molar-refractivity contribution in [2.45, 2.75) is 39.8 Å². The number of amides is 2. The quantitative estimate of drug-likeness (QED) is 0.558. The van der Waals surface area contributed by atoms with Crippen LogP contribution < -0.4 is 0 Å². The summed E-state index contributed by atoms with van der Waals surface area (Å²) in [6.07, 6.45) is -3.98. The Hall–Kier alpha value is -1.11. The van der Waals surface area contributed by atoms with Crippen LogP contribution in [0.4, 0.5) is 13.2 Å². The highest BCUT2D eigenvalue weighted by molar-refractivity contribution is 6.05. The molecule has 2 amide bonds. The van der Waals surface area contributed by atoms with E-state index in [-0.39, 0.29) is 43.7 Å². The molecule has 0 bridgehead atoms. The number of imide groups is 1. The number of nitrogens with zero attached hydrogens (tertiary/aromatic N) is 1. The summed E-state index contributed by atoms with van der Waals surface area (Å²) in [6, 6.07) is 0. The van der Waals surface area contributed by atoms with Gasteiger partial charge < -0.3 is 4.74 Å². The van der Waals surface area contributed by atoms with Crippen LogP contribution >= 0.6 is 0 Å². The molecule has 0 aliphatic carbocycles. The number of hydrogen-bond acceptors (Lipinski definition) is 3. The summed E-state index contributed by atoms with van der Waals surface area (Å²) in [5.74, 6) is -0.472. The predicted octanol–water partition coefficient (Wildman–Crippen LogP) is 2.38. The Kier molecular flexibility index (Phi) is 5.18. The summed E-state index contributed by atoms with van der Waals surface area (Å²) in [6.45, 7) is 4.17. The van der Waals surface area contributed by atoms with Gasteiger partial charge in [0.05, 0.1) is 5.41 Å². The SMILES string of the molecule is CC(C)C1(C)CC(=O)N(CCCOCC(F)(F)F)C1=O. The number of carbonyl (C=O) groups excluding carboxylic acids is 2. The third-order valence-electron chi connectivity index (χ3n) is 3.76. The van der Waals surface area contributed by atoms with E-state index in [2.05, 4.69) is 4.74 Å². The van der Waals surface area contributed by atoms with Crippen molar-refractivity contribution in [3.63, 3.8) is 0 Å². The third-order valence-corrected chi connectivity index (χ3v) is 3.76. The number of ether oxygens (including phenoxy) is 1. The lowest BCUT2D eigenvalue weighted by molar-refractivity contribution is -0.174. The topological polar surface area (TPSA) is 46.6 Å². The molecule has 0 aromatic heterocycles. The molecule has 1 rings (SSSR count). The molecule has 1 heterocycles. The maximum Gasteiger partial charge on any atom is 0.411 e. The number of halogens is 3. The molecule has 0 radical (unpaired) electrons. The average Bonchev–Trinajstić information content (AvgIpc) is 2.51. The second kappa shape index (κ2) is 6.11. The Morgan fingerprint density at radius 2 is 1.95 bits per heavy atom. The first-order valence-corrected chi connectivity index (χ1v) is 6.57. The maximum atomic E-state index is 12.2. The Balaban J connectivity index is 2.42. The van der Waals surface area contributed by atoms with Gasteiger partial charge in [0.2, 0.25) is 11.8 Å². The van der Waals surface area contributed by atoms with Crippen molar-refractivity contribution in [1.29, 1.82) is 0 Å². The highest BCUT2D eigenvalue weighted by Gasteiger charge is 2.49. The monoisotopic (exact) mass is 295 g/mol. The fourth-order valence-corrected chi connectivity index (χ4v) is 2.10. The Labute approximate surface area is 116 Å². The minimum atomic E-state index is -4.35. The lowest BCUT2D eigenvalue weighted by Gasteiger charge is -2.26. The van der Waals surface area contributed by atoms with Gasteiger partial charge in [-0.3, -0.25) is 14.5 Å². The Morgan fingerprint density at radius 3 is 2.40 bits per heavy atom. The van der Waals surface area contributed by atoms with Gasteiger partial charge in [0, 0.05) is 19.6 Å². The van der Waals surface area contributed by atoms with E-state index in [0.29, 0.717) is 0 Å². The van der Waals surface area contributed by atoms with Gasteiger partial charge in [-0.15, -0.1) is 0 Å². The number of alkyl halides is 3. The first kappa shape index (κ1) is 16.9. The molecule has 0 saturated carbocycles. The predicted molar refractivity (Wildman–Crippen MR) is 65.8 cm³/mol. The van der Waals surface area contributed by atoms with E-state index in [1.807, 2.05) is 13.8 Å². The average molecular weight is 295 g/mol. The molecular formula is C13H20F3NO3. The van der Waals surface area contributed by atoms with Crippen LogP contribution in [0.15, 0.2) is 0 Å². The molecule has 0 aromatic rings. The van der Waals surface area contributed by atoms with Crippen LogP contribution in [0.5, 0.6) is 0 Å². The van der Waals surface area contributed by atoms with Crippen molar-refractivity contribution < 1.29 is 27.5 Å². The van der Waals surface area contributed by atoms with Crippen LogP contribution in [0.2, 0.25) is 0 Å². The standard InChI is InChI=1S/C13H20F3NO3/c1-9(2)12(3)7-10(18)17(11(12)19)5-4-6-20-8-13(14,15)16/h9H,4-8H2,1-3H3. The van der Waals surface area contributed by atoms with E-state index in [4.69, 9.17) is 0 Å². The molecule has 7 heteroatoms. The third kappa shape index (κ3) is 3.94. The summed E-state index contributed by atoms with van der Waals surface area (Å²) < 4.78 is 40.0. The molecule has 1 atom stereocenters. The largest absolute Gasteiger partial charge is 0.411 e. The van der Waals surface area contributed by atoms with E-state index in [1.165, 1.54) is 0 Å². The van der Waals surface area contributed by atoms with Gasteiger partial charge in [-0.25, -0.2) is 0 Å². The molecule has 0 spiro atoms. The van der Waals surface area contributed by atoms with E-state index in [1.54, 1.807) is 6.92 Å². The first-order chi connectivity index (χ1) is 9.08. The summed E-state index contributed by atoms with van der Waals surface area (Å²) in [5.41, 5.74) is -0.704. The normalized spacial score (nSPS) is 24.1. The highest BCUT2D eigenvalue weighted by Crippen LogP contribution is 2.39.